The van der Waals surface area contributed by atoms with Gasteiger partial charge in [-0.05, 0) is 12.1 Å². The summed E-state index contributed by atoms with van der Waals surface area (Å²) >= 11 is 5.79. The first-order chi connectivity index (χ1) is 9.61. The highest BCUT2D eigenvalue weighted by Gasteiger charge is 2.08. The third kappa shape index (κ3) is 2.46. The van der Waals surface area contributed by atoms with Gasteiger partial charge >= 0.3 is 0 Å². The van der Waals surface area contributed by atoms with Crippen molar-refractivity contribution in [2.24, 2.45) is 7.05 Å². The van der Waals surface area contributed by atoms with Crippen LogP contribution in [0.1, 0.15) is 0 Å². The van der Waals surface area contributed by atoms with Gasteiger partial charge in [-0.2, -0.15) is 5.10 Å². The van der Waals surface area contributed by atoms with Crippen LogP contribution >= 0.6 is 11.6 Å². The zero-order valence-electron chi connectivity index (χ0n) is 10.5. The lowest BCUT2D eigenvalue weighted by Gasteiger charge is -2.02. The van der Waals surface area contributed by atoms with Crippen LogP contribution < -0.4 is 5.56 Å². The Morgan fingerprint density at radius 3 is 2.75 bits per heavy atom. The maximum atomic E-state index is 11.8. The highest BCUT2D eigenvalue weighted by atomic mass is 35.5. The first kappa shape index (κ1) is 12.6. The Hall–Kier alpha value is -2.47. The molecule has 0 atom stereocenters. The molecule has 0 bridgehead atoms. The average molecular weight is 288 g/mol. The van der Waals surface area contributed by atoms with E-state index in [9.17, 15) is 4.79 Å². The molecule has 0 radical (unpaired) electrons. The van der Waals surface area contributed by atoms with Crippen molar-refractivity contribution in [1.82, 2.24) is 24.7 Å². The van der Waals surface area contributed by atoms with Gasteiger partial charge in [0.2, 0.25) is 0 Å². The van der Waals surface area contributed by atoms with Gasteiger partial charge in [0.1, 0.15) is 5.69 Å². The van der Waals surface area contributed by atoms with Crippen molar-refractivity contribution in [2.45, 2.75) is 0 Å². The molecule has 7 heteroatoms. The molecule has 3 aromatic rings. The van der Waals surface area contributed by atoms with Gasteiger partial charge in [-0.15, -0.1) is 0 Å². The zero-order valence-corrected chi connectivity index (χ0v) is 11.3. The van der Waals surface area contributed by atoms with Gasteiger partial charge in [0, 0.05) is 31.1 Å². The van der Waals surface area contributed by atoms with Gasteiger partial charge in [-0.25, -0.2) is 4.98 Å². The monoisotopic (exact) mass is 287 g/mol. The number of nitrogens with one attached hydrogen (secondary N) is 1. The fourth-order valence-electron chi connectivity index (χ4n) is 1.80. The Balaban J connectivity index is 2.11. The molecule has 0 fully saturated rings. The quantitative estimate of drug-likeness (QED) is 0.781. The number of hydrogen-bond donors (Lipinski definition) is 1. The third-order valence-corrected chi connectivity index (χ3v) is 2.94. The molecule has 0 unspecified atom stereocenters. The number of pyridine rings is 1. The molecule has 0 aliphatic rings. The normalized spacial score (nSPS) is 10.7. The molecule has 0 saturated heterocycles. The predicted molar refractivity (Wildman–Crippen MR) is 75.3 cm³/mol. The molecule has 1 N–H and O–H groups in total. The molecule has 0 spiro atoms. The highest BCUT2D eigenvalue weighted by molar-refractivity contribution is 6.30. The first-order valence-electron chi connectivity index (χ1n) is 5.84. The second kappa shape index (κ2) is 4.90. The van der Waals surface area contributed by atoms with E-state index >= 15 is 0 Å². The van der Waals surface area contributed by atoms with E-state index in [0.29, 0.717) is 22.2 Å². The second-order valence-corrected chi connectivity index (χ2v) is 4.68. The Morgan fingerprint density at radius 1 is 1.25 bits per heavy atom. The first-order valence-corrected chi connectivity index (χ1v) is 6.22. The number of hydrogen-bond acceptors (Lipinski definition) is 4. The summed E-state index contributed by atoms with van der Waals surface area (Å²) in [4.78, 5) is 23.0. The van der Waals surface area contributed by atoms with Crippen LogP contribution in [0.4, 0.5) is 0 Å². The van der Waals surface area contributed by atoms with Gasteiger partial charge in [0.05, 0.1) is 16.9 Å². The number of rotatable bonds is 2. The van der Waals surface area contributed by atoms with Crippen molar-refractivity contribution in [1.29, 1.82) is 0 Å². The van der Waals surface area contributed by atoms with E-state index in [1.807, 2.05) is 0 Å². The molecule has 0 saturated carbocycles. The summed E-state index contributed by atoms with van der Waals surface area (Å²) in [6.45, 7) is 0. The van der Waals surface area contributed by atoms with Crippen LogP contribution in [0.5, 0.6) is 0 Å². The topological polar surface area (TPSA) is 76.5 Å². The summed E-state index contributed by atoms with van der Waals surface area (Å²) in [7, 11) is 1.80. The molecule has 3 rings (SSSR count). The fourth-order valence-corrected chi connectivity index (χ4v) is 1.91. The van der Waals surface area contributed by atoms with E-state index < -0.39 is 0 Å². The van der Waals surface area contributed by atoms with E-state index in [1.165, 1.54) is 12.3 Å². The minimum atomic E-state index is -0.245. The number of nitrogens with zero attached hydrogens (tertiary/aromatic N) is 4. The van der Waals surface area contributed by atoms with Crippen LogP contribution in [-0.2, 0) is 7.05 Å². The number of aromatic nitrogens is 5. The molecule has 20 heavy (non-hydrogen) atoms. The largest absolute Gasteiger partial charge is 0.305 e. The lowest BCUT2D eigenvalue weighted by Crippen LogP contribution is -2.09. The zero-order chi connectivity index (χ0) is 14.1. The Morgan fingerprint density at radius 2 is 2.10 bits per heavy atom. The van der Waals surface area contributed by atoms with Crippen molar-refractivity contribution in [2.75, 3.05) is 0 Å². The lowest BCUT2D eigenvalue weighted by atomic mass is 10.2. The van der Waals surface area contributed by atoms with Crippen LogP contribution in [0.25, 0.3) is 22.8 Å². The SMILES string of the molecule is Cn1cc(-c2cc(=O)[nH]c(-c3ccc(Cl)cn3)n2)cn1. The molecular weight excluding hydrogens is 278 g/mol. The lowest BCUT2D eigenvalue weighted by molar-refractivity contribution is 0.768. The predicted octanol–water partition coefficient (Wildman–Crippen LogP) is 1.89. The number of H-pyrrole nitrogens is 1. The van der Waals surface area contributed by atoms with Gasteiger partial charge in [0.25, 0.3) is 5.56 Å². The van der Waals surface area contributed by atoms with E-state index in [2.05, 4.69) is 20.1 Å². The van der Waals surface area contributed by atoms with E-state index in [4.69, 9.17) is 11.6 Å². The van der Waals surface area contributed by atoms with Crippen molar-refractivity contribution in [3.8, 4) is 22.8 Å². The van der Waals surface area contributed by atoms with Crippen LogP contribution in [0.15, 0.2) is 41.6 Å². The Kier molecular flexibility index (Phi) is 3.08. The van der Waals surface area contributed by atoms with E-state index in [1.54, 1.807) is 36.3 Å². The van der Waals surface area contributed by atoms with Gasteiger partial charge < -0.3 is 4.98 Å². The van der Waals surface area contributed by atoms with Gasteiger partial charge in [-0.1, -0.05) is 11.6 Å². The minimum Gasteiger partial charge on any atom is -0.305 e. The summed E-state index contributed by atoms with van der Waals surface area (Å²) in [5.41, 5.74) is 1.63. The molecule has 3 aromatic heterocycles. The molecule has 0 aliphatic heterocycles. The second-order valence-electron chi connectivity index (χ2n) is 4.24. The molecule has 0 aromatic carbocycles. The standard InChI is InChI=1S/C13H10ClN5O/c1-19-7-8(5-16-19)11-4-12(20)18-13(17-11)10-3-2-9(14)6-15-10/h2-7H,1H3,(H,17,18,20). The maximum absolute atomic E-state index is 11.8. The number of halogens is 1. The smallest absolute Gasteiger partial charge is 0.251 e. The molecule has 6 nitrogen and oxygen atoms in total. The van der Waals surface area contributed by atoms with Crippen LogP contribution in [0.3, 0.4) is 0 Å². The van der Waals surface area contributed by atoms with Crippen LogP contribution in [-0.4, -0.2) is 24.7 Å². The summed E-state index contributed by atoms with van der Waals surface area (Å²) in [5, 5.41) is 4.60. The van der Waals surface area contributed by atoms with Gasteiger partial charge in [0.15, 0.2) is 5.82 Å². The van der Waals surface area contributed by atoms with Gasteiger partial charge in [-0.3, -0.25) is 14.5 Å². The third-order valence-electron chi connectivity index (χ3n) is 2.71. The van der Waals surface area contributed by atoms with Crippen molar-refractivity contribution in [3.05, 3.63) is 52.2 Å². The Labute approximate surface area is 119 Å². The maximum Gasteiger partial charge on any atom is 0.251 e. The molecule has 0 aliphatic carbocycles. The summed E-state index contributed by atoms with van der Waals surface area (Å²) in [5.74, 6) is 0.396. The van der Waals surface area contributed by atoms with Crippen molar-refractivity contribution >= 4 is 11.6 Å². The number of aryl methyl sites for hydroxylation is 1. The van der Waals surface area contributed by atoms with Crippen LogP contribution in [0.2, 0.25) is 5.02 Å². The van der Waals surface area contributed by atoms with E-state index in [0.717, 1.165) is 5.56 Å². The van der Waals surface area contributed by atoms with E-state index in [-0.39, 0.29) is 5.56 Å². The molecular formula is C13H10ClN5O. The molecule has 0 amide bonds. The minimum absolute atomic E-state index is 0.245. The van der Waals surface area contributed by atoms with Crippen molar-refractivity contribution in [3.63, 3.8) is 0 Å². The average Bonchev–Trinajstić information content (AvgIpc) is 2.85. The highest BCUT2D eigenvalue weighted by Crippen LogP contribution is 2.18. The summed E-state index contributed by atoms with van der Waals surface area (Å²) in [6, 6.07) is 4.82. The number of aromatic amines is 1. The molecule has 3 heterocycles. The Bertz CT molecular complexity index is 806. The van der Waals surface area contributed by atoms with Crippen molar-refractivity contribution < 1.29 is 0 Å². The van der Waals surface area contributed by atoms with Crippen LogP contribution in [0, 0.1) is 0 Å². The fraction of sp³-hybridized carbons (Fsp3) is 0.0769. The molecule has 100 valence electrons. The summed E-state index contributed by atoms with van der Waals surface area (Å²) in [6.07, 6.45) is 4.95. The summed E-state index contributed by atoms with van der Waals surface area (Å²) < 4.78 is 1.65.